The molecule has 1 fully saturated rings. The smallest absolute Gasteiger partial charge is 0.262 e. The molecule has 1 amide bonds. The lowest BCUT2D eigenvalue weighted by Crippen LogP contribution is -2.37. The number of hydrogen-bond donors (Lipinski definition) is 1. The van der Waals surface area contributed by atoms with E-state index in [9.17, 15) is 13.2 Å². The van der Waals surface area contributed by atoms with Crippen LogP contribution in [-0.2, 0) is 14.8 Å². The molecule has 3 rings (SSSR count). The van der Waals surface area contributed by atoms with Gasteiger partial charge in [-0.3, -0.25) is 4.79 Å². The van der Waals surface area contributed by atoms with Crippen molar-refractivity contribution < 1.29 is 22.7 Å². The molecule has 1 aliphatic rings. The zero-order valence-electron chi connectivity index (χ0n) is 17.3. The van der Waals surface area contributed by atoms with Crippen molar-refractivity contribution in [1.82, 2.24) is 4.31 Å². The van der Waals surface area contributed by atoms with Crippen LogP contribution in [0.3, 0.4) is 0 Å². The average Bonchev–Trinajstić information content (AvgIpc) is 2.74. The molecule has 0 spiro atoms. The number of rotatable bonds is 8. The molecule has 0 unspecified atom stereocenters. The van der Waals surface area contributed by atoms with Gasteiger partial charge in [0.25, 0.3) is 5.91 Å². The van der Waals surface area contributed by atoms with E-state index >= 15 is 0 Å². The summed E-state index contributed by atoms with van der Waals surface area (Å²) in [7, 11) is -3.50. The number of piperidine rings is 1. The van der Waals surface area contributed by atoms with Crippen molar-refractivity contribution in [3.63, 3.8) is 0 Å². The van der Waals surface area contributed by atoms with Crippen LogP contribution in [0.5, 0.6) is 11.5 Å². The predicted molar refractivity (Wildman–Crippen MR) is 115 cm³/mol. The van der Waals surface area contributed by atoms with E-state index in [1.54, 1.807) is 30.3 Å². The fourth-order valence-corrected chi connectivity index (χ4v) is 4.74. The van der Waals surface area contributed by atoms with Crippen LogP contribution in [-0.4, -0.2) is 44.9 Å². The zero-order valence-corrected chi connectivity index (χ0v) is 18.2. The molecule has 1 heterocycles. The SMILES string of the molecule is CCOc1ccccc1NC(=O)COc1ccc(S(=O)(=O)N2CCC(C)CC2)cc1. The molecule has 30 heavy (non-hydrogen) atoms. The van der Waals surface area contributed by atoms with Gasteiger partial charge in [-0.25, -0.2) is 8.42 Å². The second kappa shape index (κ2) is 9.95. The Kier molecular flexibility index (Phi) is 7.33. The number of hydrogen-bond acceptors (Lipinski definition) is 5. The van der Waals surface area contributed by atoms with Crippen molar-refractivity contribution in [3.05, 3.63) is 48.5 Å². The van der Waals surface area contributed by atoms with Gasteiger partial charge in [-0.05, 0) is 62.1 Å². The minimum absolute atomic E-state index is 0.198. The fourth-order valence-electron chi connectivity index (χ4n) is 3.27. The van der Waals surface area contributed by atoms with Gasteiger partial charge in [-0.15, -0.1) is 0 Å². The van der Waals surface area contributed by atoms with E-state index < -0.39 is 10.0 Å². The minimum atomic E-state index is -3.50. The fraction of sp³-hybridized carbons (Fsp3) is 0.409. The molecule has 7 nitrogen and oxygen atoms in total. The van der Waals surface area contributed by atoms with E-state index in [1.807, 2.05) is 13.0 Å². The van der Waals surface area contributed by atoms with E-state index in [2.05, 4.69) is 12.2 Å². The van der Waals surface area contributed by atoms with Crippen LogP contribution in [0.15, 0.2) is 53.4 Å². The summed E-state index contributed by atoms with van der Waals surface area (Å²) >= 11 is 0. The highest BCUT2D eigenvalue weighted by molar-refractivity contribution is 7.89. The second-order valence-corrected chi connectivity index (χ2v) is 9.26. The van der Waals surface area contributed by atoms with Crippen molar-refractivity contribution in [2.75, 3.05) is 31.6 Å². The summed E-state index contributed by atoms with van der Waals surface area (Å²) in [6.45, 7) is 5.40. The van der Waals surface area contributed by atoms with Crippen LogP contribution in [0.1, 0.15) is 26.7 Å². The first-order valence-corrected chi connectivity index (χ1v) is 11.6. The van der Waals surface area contributed by atoms with Gasteiger partial charge >= 0.3 is 0 Å². The normalized spacial score (nSPS) is 15.5. The molecule has 1 saturated heterocycles. The zero-order chi connectivity index (χ0) is 21.6. The maximum Gasteiger partial charge on any atom is 0.262 e. The first kappa shape index (κ1) is 22.1. The molecular weight excluding hydrogens is 404 g/mol. The summed E-state index contributed by atoms with van der Waals surface area (Å²) < 4.78 is 38.1. The van der Waals surface area contributed by atoms with Gasteiger partial charge in [0.15, 0.2) is 6.61 Å². The third-order valence-electron chi connectivity index (χ3n) is 5.04. The van der Waals surface area contributed by atoms with E-state index in [4.69, 9.17) is 9.47 Å². The number of nitrogens with one attached hydrogen (secondary N) is 1. The maximum atomic E-state index is 12.8. The molecular formula is C22H28N2O5S. The third-order valence-corrected chi connectivity index (χ3v) is 6.95. The average molecular weight is 433 g/mol. The number of amides is 1. The molecule has 1 N–H and O–H groups in total. The summed E-state index contributed by atoms with van der Waals surface area (Å²) in [5.41, 5.74) is 0.574. The largest absolute Gasteiger partial charge is 0.492 e. The molecule has 1 aliphatic heterocycles. The minimum Gasteiger partial charge on any atom is -0.492 e. The first-order valence-electron chi connectivity index (χ1n) is 10.1. The van der Waals surface area contributed by atoms with E-state index in [0.29, 0.717) is 42.8 Å². The monoisotopic (exact) mass is 432 g/mol. The van der Waals surface area contributed by atoms with Crippen molar-refractivity contribution >= 4 is 21.6 Å². The Hall–Kier alpha value is -2.58. The lowest BCUT2D eigenvalue weighted by molar-refractivity contribution is -0.118. The van der Waals surface area contributed by atoms with E-state index in [0.717, 1.165) is 12.8 Å². The lowest BCUT2D eigenvalue weighted by atomic mass is 10.0. The lowest BCUT2D eigenvalue weighted by Gasteiger charge is -2.29. The summed E-state index contributed by atoms with van der Waals surface area (Å²) in [6, 6.07) is 13.3. The number of para-hydroxylation sites is 2. The molecule has 0 aliphatic carbocycles. The first-order chi connectivity index (χ1) is 14.4. The van der Waals surface area contributed by atoms with Gasteiger partial charge in [-0.2, -0.15) is 4.31 Å². The molecule has 0 saturated carbocycles. The van der Waals surface area contributed by atoms with Crippen LogP contribution in [0.25, 0.3) is 0 Å². The Balaban J connectivity index is 1.56. The van der Waals surface area contributed by atoms with Crippen LogP contribution >= 0.6 is 0 Å². The van der Waals surface area contributed by atoms with Crippen LogP contribution in [0.4, 0.5) is 5.69 Å². The Morgan fingerprint density at radius 2 is 1.73 bits per heavy atom. The molecule has 0 atom stereocenters. The van der Waals surface area contributed by atoms with Gasteiger partial charge < -0.3 is 14.8 Å². The molecule has 2 aromatic carbocycles. The number of sulfonamides is 1. The number of anilines is 1. The number of carbonyl (C=O) groups excluding carboxylic acids is 1. The van der Waals surface area contributed by atoms with E-state index in [1.165, 1.54) is 16.4 Å². The van der Waals surface area contributed by atoms with Gasteiger partial charge in [0.2, 0.25) is 10.0 Å². The number of nitrogens with zero attached hydrogens (tertiary/aromatic N) is 1. The summed E-state index contributed by atoms with van der Waals surface area (Å²) in [5.74, 6) is 1.24. The van der Waals surface area contributed by atoms with Gasteiger partial charge in [-0.1, -0.05) is 19.1 Å². The molecule has 162 valence electrons. The molecule has 8 heteroatoms. The van der Waals surface area contributed by atoms with Crippen LogP contribution in [0.2, 0.25) is 0 Å². The summed E-state index contributed by atoms with van der Waals surface area (Å²) in [5, 5.41) is 2.76. The molecule has 0 bridgehead atoms. The van der Waals surface area contributed by atoms with Crippen molar-refractivity contribution in [3.8, 4) is 11.5 Å². The van der Waals surface area contributed by atoms with Crippen molar-refractivity contribution in [1.29, 1.82) is 0 Å². The van der Waals surface area contributed by atoms with Gasteiger partial charge in [0, 0.05) is 13.1 Å². The molecule has 0 radical (unpaired) electrons. The van der Waals surface area contributed by atoms with E-state index in [-0.39, 0.29) is 17.4 Å². The standard InChI is InChI=1S/C22H28N2O5S/c1-3-28-21-7-5-4-6-20(21)23-22(25)16-29-18-8-10-19(11-9-18)30(26,27)24-14-12-17(2)13-15-24/h4-11,17H,3,12-16H2,1-2H3,(H,23,25). The van der Waals surface area contributed by atoms with Gasteiger partial charge in [0.05, 0.1) is 17.2 Å². The van der Waals surface area contributed by atoms with Crippen molar-refractivity contribution in [2.45, 2.75) is 31.6 Å². The molecule has 0 aromatic heterocycles. The predicted octanol–water partition coefficient (Wildman–Crippen LogP) is 3.52. The quantitative estimate of drug-likeness (QED) is 0.690. The Labute approximate surface area is 178 Å². The second-order valence-electron chi connectivity index (χ2n) is 7.32. The topological polar surface area (TPSA) is 84.9 Å². The number of ether oxygens (including phenoxy) is 2. The number of benzene rings is 2. The third kappa shape index (κ3) is 5.52. The van der Waals surface area contributed by atoms with Gasteiger partial charge in [0.1, 0.15) is 11.5 Å². The summed E-state index contributed by atoms with van der Waals surface area (Å²) in [4.78, 5) is 12.4. The van der Waals surface area contributed by atoms with Crippen molar-refractivity contribution in [2.24, 2.45) is 5.92 Å². The number of carbonyl (C=O) groups is 1. The Morgan fingerprint density at radius 3 is 2.40 bits per heavy atom. The highest BCUT2D eigenvalue weighted by Crippen LogP contribution is 2.25. The van der Waals surface area contributed by atoms with Crippen LogP contribution < -0.4 is 14.8 Å². The Morgan fingerprint density at radius 1 is 1.07 bits per heavy atom. The summed E-state index contributed by atoms with van der Waals surface area (Å²) in [6.07, 6.45) is 1.75. The van der Waals surface area contributed by atoms with Crippen LogP contribution in [0, 0.1) is 5.92 Å². The maximum absolute atomic E-state index is 12.8. The molecule has 2 aromatic rings. The Bertz CT molecular complexity index is 952. The highest BCUT2D eigenvalue weighted by atomic mass is 32.2. The highest BCUT2D eigenvalue weighted by Gasteiger charge is 2.27.